The first-order valence-electron chi connectivity index (χ1n) is 7.16. The van der Waals surface area contributed by atoms with E-state index in [2.05, 4.69) is 19.2 Å². The number of hydrogen-bond donors (Lipinski definition) is 3. The molecule has 0 saturated heterocycles. The van der Waals surface area contributed by atoms with Crippen molar-refractivity contribution < 1.29 is 15.0 Å². The minimum Gasteiger partial charge on any atom is -0.481 e. The molecule has 4 heteroatoms. The largest absolute Gasteiger partial charge is 0.481 e. The molecule has 0 aromatic rings. The third kappa shape index (κ3) is 4.58. The predicted octanol–water partition coefficient (Wildman–Crippen LogP) is 2.02. The highest BCUT2D eigenvalue weighted by Gasteiger charge is 2.35. The molecule has 1 saturated carbocycles. The molecular formula is C14H27NO3. The summed E-state index contributed by atoms with van der Waals surface area (Å²) in [5.41, 5.74) is -0.696. The van der Waals surface area contributed by atoms with E-state index in [1.807, 2.05) is 0 Å². The van der Waals surface area contributed by atoms with Crippen LogP contribution < -0.4 is 5.32 Å². The number of hydrogen-bond acceptors (Lipinski definition) is 3. The Morgan fingerprint density at radius 2 is 1.89 bits per heavy atom. The topological polar surface area (TPSA) is 69.6 Å². The van der Waals surface area contributed by atoms with E-state index < -0.39 is 11.6 Å². The van der Waals surface area contributed by atoms with E-state index in [9.17, 15) is 9.90 Å². The Hall–Kier alpha value is -0.610. The summed E-state index contributed by atoms with van der Waals surface area (Å²) >= 11 is 0. The van der Waals surface area contributed by atoms with Crippen LogP contribution in [0.2, 0.25) is 0 Å². The van der Waals surface area contributed by atoms with Gasteiger partial charge >= 0.3 is 5.97 Å². The quantitative estimate of drug-likeness (QED) is 0.652. The number of carboxylic acid groups (broad SMARTS) is 1. The van der Waals surface area contributed by atoms with Gasteiger partial charge in [-0.1, -0.05) is 26.7 Å². The summed E-state index contributed by atoms with van der Waals surface area (Å²) < 4.78 is 0. The lowest BCUT2D eigenvalue weighted by Crippen LogP contribution is -2.45. The molecule has 18 heavy (non-hydrogen) atoms. The molecule has 0 aromatic heterocycles. The zero-order valence-electron chi connectivity index (χ0n) is 11.6. The standard InChI is InChI=1S/C14H27NO3/c1-3-11(4-2)9-15-10-14(18)7-5-12(6-8-14)13(16)17/h11-12,15,18H,3-10H2,1-2H3,(H,16,17). The van der Waals surface area contributed by atoms with Gasteiger partial charge in [0.25, 0.3) is 0 Å². The van der Waals surface area contributed by atoms with E-state index in [1.165, 1.54) is 0 Å². The average Bonchev–Trinajstić information content (AvgIpc) is 2.35. The van der Waals surface area contributed by atoms with Gasteiger partial charge in [0.05, 0.1) is 11.5 Å². The lowest BCUT2D eigenvalue weighted by Gasteiger charge is -2.35. The molecule has 0 unspecified atom stereocenters. The van der Waals surface area contributed by atoms with Gasteiger partial charge in [-0.15, -0.1) is 0 Å². The molecule has 1 fully saturated rings. The van der Waals surface area contributed by atoms with E-state index in [1.54, 1.807) is 0 Å². The van der Waals surface area contributed by atoms with Gasteiger partial charge in [0.15, 0.2) is 0 Å². The number of carboxylic acids is 1. The summed E-state index contributed by atoms with van der Waals surface area (Å²) in [6.45, 7) is 5.90. The highest BCUT2D eigenvalue weighted by Crippen LogP contribution is 2.31. The first kappa shape index (κ1) is 15.4. The fourth-order valence-corrected chi connectivity index (χ4v) is 2.67. The van der Waals surface area contributed by atoms with Crippen LogP contribution in [0, 0.1) is 11.8 Å². The third-order valence-electron chi connectivity index (χ3n) is 4.31. The van der Waals surface area contributed by atoms with Gasteiger partial charge in [0.2, 0.25) is 0 Å². The maximum absolute atomic E-state index is 10.8. The summed E-state index contributed by atoms with van der Waals surface area (Å²) in [6.07, 6.45) is 4.70. The molecule has 0 bridgehead atoms. The molecule has 0 spiro atoms. The lowest BCUT2D eigenvalue weighted by molar-refractivity contribution is -0.144. The Labute approximate surface area is 110 Å². The second-order valence-electron chi connectivity index (χ2n) is 5.65. The number of aliphatic hydroxyl groups is 1. The van der Waals surface area contributed by atoms with Crippen molar-refractivity contribution in [2.75, 3.05) is 13.1 Å². The van der Waals surface area contributed by atoms with Gasteiger partial charge in [-0.2, -0.15) is 0 Å². The van der Waals surface area contributed by atoms with Crippen LogP contribution >= 0.6 is 0 Å². The first-order valence-corrected chi connectivity index (χ1v) is 7.16. The van der Waals surface area contributed by atoms with Crippen molar-refractivity contribution in [3.63, 3.8) is 0 Å². The Morgan fingerprint density at radius 3 is 2.33 bits per heavy atom. The Balaban J connectivity index is 2.28. The van der Waals surface area contributed by atoms with Crippen LogP contribution in [-0.4, -0.2) is 34.9 Å². The van der Waals surface area contributed by atoms with Crippen LogP contribution in [-0.2, 0) is 4.79 Å². The number of rotatable bonds is 7. The van der Waals surface area contributed by atoms with Crippen molar-refractivity contribution >= 4 is 5.97 Å². The molecule has 0 heterocycles. The molecule has 1 aliphatic rings. The van der Waals surface area contributed by atoms with Gasteiger partial charge in [-0.05, 0) is 38.1 Å². The zero-order chi connectivity index (χ0) is 13.6. The Morgan fingerprint density at radius 1 is 1.33 bits per heavy atom. The number of carbonyl (C=O) groups is 1. The average molecular weight is 257 g/mol. The Bertz CT molecular complexity index is 256. The molecule has 106 valence electrons. The van der Waals surface area contributed by atoms with Crippen molar-refractivity contribution in [1.29, 1.82) is 0 Å². The highest BCUT2D eigenvalue weighted by molar-refractivity contribution is 5.70. The van der Waals surface area contributed by atoms with Crippen LogP contribution in [0.1, 0.15) is 52.4 Å². The molecule has 0 aromatic carbocycles. The lowest BCUT2D eigenvalue weighted by atomic mass is 9.79. The van der Waals surface area contributed by atoms with Crippen LogP contribution in [0.5, 0.6) is 0 Å². The van der Waals surface area contributed by atoms with Crippen LogP contribution in [0.3, 0.4) is 0 Å². The second kappa shape index (κ2) is 7.10. The van der Waals surface area contributed by atoms with Gasteiger partial charge in [-0.3, -0.25) is 4.79 Å². The van der Waals surface area contributed by atoms with Gasteiger partial charge < -0.3 is 15.5 Å². The van der Waals surface area contributed by atoms with Crippen molar-refractivity contribution in [3.05, 3.63) is 0 Å². The molecule has 1 aliphatic carbocycles. The minimum atomic E-state index is -0.720. The van der Waals surface area contributed by atoms with Crippen LogP contribution in [0.4, 0.5) is 0 Å². The van der Waals surface area contributed by atoms with E-state index in [4.69, 9.17) is 5.11 Å². The van der Waals surface area contributed by atoms with Gasteiger partial charge in [0.1, 0.15) is 0 Å². The summed E-state index contributed by atoms with van der Waals surface area (Å²) in [7, 11) is 0. The second-order valence-corrected chi connectivity index (χ2v) is 5.65. The zero-order valence-corrected chi connectivity index (χ0v) is 11.6. The Kier molecular flexibility index (Phi) is 6.09. The molecule has 0 atom stereocenters. The normalized spacial score (nSPS) is 28.6. The van der Waals surface area contributed by atoms with E-state index >= 15 is 0 Å². The van der Waals surface area contributed by atoms with Gasteiger partial charge in [0, 0.05) is 6.54 Å². The summed E-state index contributed by atoms with van der Waals surface area (Å²) in [6, 6.07) is 0. The minimum absolute atomic E-state index is 0.260. The summed E-state index contributed by atoms with van der Waals surface area (Å²) in [5.74, 6) is -0.310. The molecule has 1 rings (SSSR count). The molecule has 0 aliphatic heterocycles. The summed E-state index contributed by atoms with van der Waals surface area (Å²) in [5, 5.41) is 22.6. The van der Waals surface area contributed by atoms with Crippen molar-refractivity contribution in [1.82, 2.24) is 5.32 Å². The van der Waals surface area contributed by atoms with Crippen molar-refractivity contribution in [2.24, 2.45) is 11.8 Å². The highest BCUT2D eigenvalue weighted by atomic mass is 16.4. The van der Waals surface area contributed by atoms with Crippen molar-refractivity contribution in [2.45, 2.75) is 58.0 Å². The number of nitrogens with one attached hydrogen (secondary N) is 1. The molecule has 0 radical (unpaired) electrons. The summed E-state index contributed by atoms with van der Waals surface area (Å²) in [4.78, 5) is 10.8. The van der Waals surface area contributed by atoms with Crippen LogP contribution in [0.25, 0.3) is 0 Å². The molecule has 4 nitrogen and oxygen atoms in total. The first-order chi connectivity index (χ1) is 8.50. The van der Waals surface area contributed by atoms with E-state index in [0.717, 1.165) is 19.4 Å². The number of aliphatic carboxylic acids is 1. The smallest absolute Gasteiger partial charge is 0.306 e. The van der Waals surface area contributed by atoms with Crippen molar-refractivity contribution in [3.8, 4) is 0 Å². The van der Waals surface area contributed by atoms with E-state index in [-0.39, 0.29) is 5.92 Å². The predicted molar refractivity (Wildman–Crippen MR) is 71.5 cm³/mol. The maximum atomic E-state index is 10.8. The fraction of sp³-hybridized carbons (Fsp3) is 0.929. The van der Waals surface area contributed by atoms with Gasteiger partial charge in [-0.25, -0.2) is 0 Å². The fourth-order valence-electron chi connectivity index (χ4n) is 2.67. The molecule has 3 N–H and O–H groups in total. The monoisotopic (exact) mass is 257 g/mol. The molecular weight excluding hydrogens is 230 g/mol. The molecule has 0 amide bonds. The van der Waals surface area contributed by atoms with E-state index in [0.29, 0.717) is 38.1 Å². The SMILES string of the molecule is CCC(CC)CNCC1(O)CCC(C(=O)O)CC1. The third-order valence-corrected chi connectivity index (χ3v) is 4.31. The maximum Gasteiger partial charge on any atom is 0.306 e. The van der Waals surface area contributed by atoms with Crippen LogP contribution in [0.15, 0.2) is 0 Å².